The maximum atomic E-state index is 12.2. The van der Waals surface area contributed by atoms with E-state index in [2.05, 4.69) is 39.9 Å². The number of carbonyl (C=O) groups is 1. The summed E-state index contributed by atoms with van der Waals surface area (Å²) in [5.74, 6) is 0.806. The van der Waals surface area contributed by atoms with Crippen molar-refractivity contribution in [3.63, 3.8) is 0 Å². The highest BCUT2D eigenvalue weighted by atomic mass is 16.2. The highest BCUT2D eigenvalue weighted by Gasteiger charge is 2.25. The summed E-state index contributed by atoms with van der Waals surface area (Å²) in [6, 6.07) is 0.345. The smallest absolute Gasteiger partial charge is 0.223 e. The van der Waals surface area contributed by atoms with Gasteiger partial charge in [0.25, 0.3) is 0 Å². The molecule has 1 N–H and O–H groups in total. The molecule has 3 heteroatoms. The number of nitrogens with zero attached hydrogens (tertiary/aromatic N) is 1. The zero-order valence-corrected chi connectivity index (χ0v) is 12.0. The van der Waals surface area contributed by atoms with E-state index >= 15 is 0 Å². The molecule has 3 nitrogen and oxygen atoms in total. The Balaban J connectivity index is 2.42. The number of piperazine rings is 1. The lowest BCUT2D eigenvalue weighted by Gasteiger charge is -2.35. The Morgan fingerprint density at radius 1 is 1.47 bits per heavy atom. The lowest BCUT2D eigenvalue weighted by Crippen LogP contribution is -2.52. The molecule has 1 amide bonds. The Hall–Kier alpha value is -0.570. The van der Waals surface area contributed by atoms with Gasteiger partial charge in [-0.25, -0.2) is 0 Å². The molecule has 1 saturated heterocycles. The van der Waals surface area contributed by atoms with Gasteiger partial charge in [-0.1, -0.05) is 27.7 Å². The number of amides is 1. The Labute approximate surface area is 106 Å². The molecule has 0 spiro atoms. The van der Waals surface area contributed by atoms with Gasteiger partial charge < -0.3 is 10.2 Å². The number of rotatable bonds is 3. The zero-order valence-electron chi connectivity index (χ0n) is 12.0. The average molecular weight is 240 g/mol. The van der Waals surface area contributed by atoms with Gasteiger partial charge in [-0.3, -0.25) is 4.79 Å². The van der Waals surface area contributed by atoms with Crippen LogP contribution in [-0.4, -0.2) is 36.5 Å². The maximum absolute atomic E-state index is 12.2. The van der Waals surface area contributed by atoms with Crippen molar-refractivity contribution >= 4 is 5.91 Å². The molecule has 0 aromatic carbocycles. The first-order valence-electron chi connectivity index (χ1n) is 6.80. The molecule has 0 unspecified atom stereocenters. The fraction of sp³-hybridized carbons (Fsp3) is 0.929. The van der Waals surface area contributed by atoms with E-state index in [1.54, 1.807) is 0 Å². The van der Waals surface area contributed by atoms with Crippen LogP contribution >= 0.6 is 0 Å². The molecule has 1 aliphatic rings. The van der Waals surface area contributed by atoms with E-state index in [0.717, 1.165) is 26.1 Å². The van der Waals surface area contributed by atoms with Crippen molar-refractivity contribution in [3.8, 4) is 0 Å². The van der Waals surface area contributed by atoms with Crippen LogP contribution in [0.1, 0.15) is 47.5 Å². The molecule has 0 aliphatic carbocycles. The summed E-state index contributed by atoms with van der Waals surface area (Å²) in [6.45, 7) is 13.8. The summed E-state index contributed by atoms with van der Waals surface area (Å²) in [7, 11) is 0. The fourth-order valence-electron chi connectivity index (χ4n) is 2.74. The summed E-state index contributed by atoms with van der Waals surface area (Å²) >= 11 is 0. The standard InChI is InChI=1S/C14H28N2O/c1-11(9-14(3,4)5)8-13(17)16-7-6-15-10-12(16)2/h11-12,15H,6-10H2,1-5H3/t11-,12+/m0/s1. The lowest BCUT2D eigenvalue weighted by atomic mass is 9.84. The van der Waals surface area contributed by atoms with E-state index in [-0.39, 0.29) is 0 Å². The number of nitrogens with one attached hydrogen (secondary N) is 1. The van der Waals surface area contributed by atoms with E-state index in [4.69, 9.17) is 0 Å². The molecule has 1 heterocycles. The molecule has 17 heavy (non-hydrogen) atoms. The second kappa shape index (κ2) is 5.85. The first-order chi connectivity index (χ1) is 7.79. The lowest BCUT2D eigenvalue weighted by molar-refractivity contribution is -0.135. The van der Waals surface area contributed by atoms with E-state index in [1.807, 2.05) is 4.90 Å². The zero-order chi connectivity index (χ0) is 13.1. The number of hydrogen-bond donors (Lipinski definition) is 1. The molecule has 0 saturated carbocycles. The molecular weight excluding hydrogens is 212 g/mol. The van der Waals surface area contributed by atoms with Crippen LogP contribution in [0.25, 0.3) is 0 Å². The Kier molecular flexibility index (Phi) is 4.99. The van der Waals surface area contributed by atoms with Crippen molar-refractivity contribution < 1.29 is 4.79 Å². The third-order valence-corrected chi connectivity index (χ3v) is 3.31. The first-order valence-corrected chi connectivity index (χ1v) is 6.80. The van der Waals surface area contributed by atoms with Crippen LogP contribution in [0, 0.1) is 11.3 Å². The molecule has 1 rings (SSSR count). The highest BCUT2D eigenvalue weighted by Crippen LogP contribution is 2.26. The molecule has 0 radical (unpaired) electrons. The summed E-state index contributed by atoms with van der Waals surface area (Å²) in [5, 5.41) is 3.32. The van der Waals surface area contributed by atoms with Crippen molar-refractivity contribution in [2.24, 2.45) is 11.3 Å². The number of carbonyl (C=O) groups excluding carboxylic acids is 1. The van der Waals surface area contributed by atoms with Crippen LogP contribution in [0.3, 0.4) is 0 Å². The van der Waals surface area contributed by atoms with Crippen LogP contribution < -0.4 is 5.32 Å². The summed E-state index contributed by atoms with van der Waals surface area (Å²) in [6.07, 6.45) is 1.81. The SMILES string of the molecule is C[C@@H](CC(=O)N1CCNC[C@H]1C)CC(C)(C)C. The third kappa shape index (κ3) is 5.07. The van der Waals surface area contributed by atoms with E-state index in [9.17, 15) is 4.79 Å². The molecule has 0 aromatic heterocycles. The van der Waals surface area contributed by atoms with Gasteiger partial charge in [0.05, 0.1) is 0 Å². The van der Waals surface area contributed by atoms with Crippen LogP contribution in [0.15, 0.2) is 0 Å². The van der Waals surface area contributed by atoms with E-state index in [1.165, 1.54) is 0 Å². The first kappa shape index (κ1) is 14.5. The second-order valence-electron chi connectivity index (χ2n) is 6.71. The molecule has 0 aromatic rings. The fourth-order valence-corrected chi connectivity index (χ4v) is 2.74. The summed E-state index contributed by atoms with van der Waals surface area (Å²) < 4.78 is 0. The second-order valence-corrected chi connectivity index (χ2v) is 6.71. The summed E-state index contributed by atoms with van der Waals surface area (Å²) in [4.78, 5) is 14.2. The quantitative estimate of drug-likeness (QED) is 0.821. The monoisotopic (exact) mass is 240 g/mol. The Morgan fingerprint density at radius 2 is 2.12 bits per heavy atom. The third-order valence-electron chi connectivity index (χ3n) is 3.31. The molecule has 100 valence electrons. The highest BCUT2D eigenvalue weighted by molar-refractivity contribution is 5.76. The maximum Gasteiger partial charge on any atom is 0.223 e. The molecular formula is C14H28N2O. The Morgan fingerprint density at radius 3 is 2.65 bits per heavy atom. The van der Waals surface area contributed by atoms with Crippen molar-refractivity contribution in [1.82, 2.24) is 10.2 Å². The average Bonchev–Trinajstić information content (AvgIpc) is 2.14. The van der Waals surface area contributed by atoms with Crippen LogP contribution in [0.4, 0.5) is 0 Å². The molecule has 0 bridgehead atoms. The minimum Gasteiger partial charge on any atom is -0.337 e. The van der Waals surface area contributed by atoms with Crippen molar-refractivity contribution in [3.05, 3.63) is 0 Å². The van der Waals surface area contributed by atoms with Crippen molar-refractivity contribution in [2.45, 2.75) is 53.5 Å². The molecule has 1 aliphatic heterocycles. The van der Waals surface area contributed by atoms with E-state index in [0.29, 0.717) is 29.7 Å². The Bertz CT molecular complexity index is 257. The topological polar surface area (TPSA) is 32.3 Å². The summed E-state index contributed by atoms with van der Waals surface area (Å²) in [5.41, 5.74) is 0.314. The van der Waals surface area contributed by atoms with Gasteiger partial charge in [0.2, 0.25) is 5.91 Å². The largest absolute Gasteiger partial charge is 0.337 e. The van der Waals surface area contributed by atoms with Gasteiger partial charge in [-0.15, -0.1) is 0 Å². The van der Waals surface area contributed by atoms with Crippen molar-refractivity contribution in [1.29, 1.82) is 0 Å². The van der Waals surface area contributed by atoms with Crippen LogP contribution in [0.5, 0.6) is 0 Å². The molecule has 2 atom stereocenters. The predicted molar refractivity (Wildman–Crippen MR) is 71.9 cm³/mol. The normalized spacial score (nSPS) is 23.6. The van der Waals surface area contributed by atoms with E-state index < -0.39 is 0 Å². The van der Waals surface area contributed by atoms with Gasteiger partial charge in [0.15, 0.2) is 0 Å². The van der Waals surface area contributed by atoms with Gasteiger partial charge in [0, 0.05) is 32.1 Å². The van der Waals surface area contributed by atoms with Crippen LogP contribution in [-0.2, 0) is 4.79 Å². The minimum atomic E-state index is 0.314. The van der Waals surface area contributed by atoms with Gasteiger partial charge >= 0.3 is 0 Å². The van der Waals surface area contributed by atoms with Crippen molar-refractivity contribution in [2.75, 3.05) is 19.6 Å². The number of hydrogen-bond acceptors (Lipinski definition) is 2. The minimum absolute atomic E-state index is 0.314. The predicted octanol–water partition coefficient (Wildman–Crippen LogP) is 2.27. The molecule has 1 fully saturated rings. The van der Waals surface area contributed by atoms with Gasteiger partial charge in [-0.2, -0.15) is 0 Å². The van der Waals surface area contributed by atoms with Crippen LogP contribution in [0.2, 0.25) is 0 Å². The van der Waals surface area contributed by atoms with Gasteiger partial charge in [-0.05, 0) is 24.7 Å². The van der Waals surface area contributed by atoms with Gasteiger partial charge in [0.1, 0.15) is 0 Å².